The maximum Gasteiger partial charge on any atom is 0.308 e. The Morgan fingerprint density at radius 1 is 0.897 bits per heavy atom. The van der Waals surface area contributed by atoms with Gasteiger partial charge in [0.25, 0.3) is 5.69 Å². The molecule has 194 valence electrons. The van der Waals surface area contributed by atoms with Crippen molar-refractivity contribution in [3.63, 3.8) is 0 Å². The van der Waals surface area contributed by atoms with Gasteiger partial charge in [-0.2, -0.15) is 0 Å². The van der Waals surface area contributed by atoms with Crippen molar-refractivity contribution in [2.45, 2.75) is 19.0 Å². The molecule has 0 aromatic heterocycles. The average molecular weight is 524 g/mol. The van der Waals surface area contributed by atoms with Crippen LogP contribution in [0.25, 0.3) is 6.08 Å². The second-order valence-electron chi connectivity index (χ2n) is 9.58. The number of ketones is 1. The number of carbonyl (C=O) groups is 4. The van der Waals surface area contributed by atoms with Crippen molar-refractivity contribution in [3.05, 3.63) is 100 Å². The molecule has 10 nitrogen and oxygen atoms in total. The first-order chi connectivity index (χ1) is 18.8. The Labute approximate surface area is 222 Å². The first-order valence-corrected chi connectivity index (χ1v) is 12.3. The van der Waals surface area contributed by atoms with E-state index in [9.17, 15) is 29.3 Å². The molecule has 39 heavy (non-hydrogen) atoms. The number of imide groups is 1. The standard InChI is InChI=1S/C29H21N3O7/c1-16(33)39-21-13-6-18(7-14-21)27(34)26-25-24(23-15-8-17-4-2-3-5-22(17)31(23)26)28(35)30(29(25)36)19-9-11-20(12-10-19)32(37)38/h2-15,23-26H,1H3/t23-,24+,25-,26+/m1/s1. The molecule has 0 radical (unpaired) electrons. The third kappa shape index (κ3) is 3.80. The van der Waals surface area contributed by atoms with Gasteiger partial charge in [0, 0.05) is 30.3 Å². The van der Waals surface area contributed by atoms with Gasteiger partial charge in [-0.05, 0) is 48.0 Å². The number of benzene rings is 3. The van der Waals surface area contributed by atoms with Gasteiger partial charge >= 0.3 is 5.97 Å². The first-order valence-electron chi connectivity index (χ1n) is 12.3. The molecule has 2 saturated heterocycles. The Balaban J connectivity index is 1.42. The highest BCUT2D eigenvalue weighted by atomic mass is 16.6. The van der Waals surface area contributed by atoms with Gasteiger partial charge in [-0.3, -0.25) is 29.3 Å². The van der Waals surface area contributed by atoms with E-state index >= 15 is 0 Å². The minimum Gasteiger partial charge on any atom is -0.427 e. The molecule has 2 amide bonds. The summed E-state index contributed by atoms with van der Waals surface area (Å²) < 4.78 is 5.08. The Bertz CT molecular complexity index is 1580. The Morgan fingerprint density at radius 2 is 1.56 bits per heavy atom. The fraction of sp³-hybridized carbons (Fsp3) is 0.172. The SMILES string of the molecule is CC(=O)Oc1ccc(C(=O)[C@@H]2[C@@H]3C(=O)N(c4ccc([N+](=O)[O-])cc4)C(=O)[C@H]3[C@H]3C=Cc4ccccc4N32)cc1. The number of non-ortho nitro benzene ring substituents is 1. The molecule has 0 N–H and O–H groups in total. The number of nitro benzene ring substituents is 1. The van der Waals surface area contributed by atoms with Crippen molar-refractivity contribution in [2.75, 3.05) is 9.80 Å². The van der Waals surface area contributed by atoms with Crippen molar-refractivity contribution in [2.24, 2.45) is 11.8 Å². The van der Waals surface area contributed by atoms with Crippen LogP contribution in [-0.2, 0) is 14.4 Å². The molecule has 0 spiro atoms. The summed E-state index contributed by atoms with van der Waals surface area (Å²) in [6.45, 7) is 1.28. The van der Waals surface area contributed by atoms with Crippen LogP contribution in [0.1, 0.15) is 22.8 Å². The zero-order valence-corrected chi connectivity index (χ0v) is 20.6. The summed E-state index contributed by atoms with van der Waals surface area (Å²) in [4.78, 5) is 66.5. The molecule has 0 saturated carbocycles. The van der Waals surface area contributed by atoms with E-state index in [1.54, 1.807) is 0 Å². The van der Waals surface area contributed by atoms with E-state index in [1.807, 2.05) is 41.3 Å². The van der Waals surface area contributed by atoms with Crippen molar-refractivity contribution in [3.8, 4) is 5.75 Å². The van der Waals surface area contributed by atoms with Gasteiger partial charge in [-0.1, -0.05) is 30.4 Å². The molecule has 6 rings (SSSR count). The summed E-state index contributed by atoms with van der Waals surface area (Å²) in [6, 6.07) is 17.2. The summed E-state index contributed by atoms with van der Waals surface area (Å²) in [5, 5.41) is 11.1. The molecule has 3 aliphatic rings. The van der Waals surface area contributed by atoms with E-state index in [2.05, 4.69) is 0 Å². The van der Waals surface area contributed by atoms with Crippen LogP contribution in [0.15, 0.2) is 78.9 Å². The normalized spacial score (nSPS) is 22.8. The largest absolute Gasteiger partial charge is 0.427 e. The molecular weight excluding hydrogens is 502 g/mol. The molecule has 0 bridgehead atoms. The van der Waals surface area contributed by atoms with Crippen LogP contribution < -0.4 is 14.5 Å². The van der Waals surface area contributed by atoms with Crippen LogP contribution in [0, 0.1) is 22.0 Å². The molecule has 3 aromatic carbocycles. The number of esters is 1. The summed E-state index contributed by atoms with van der Waals surface area (Å²) in [7, 11) is 0. The van der Waals surface area contributed by atoms with Crippen LogP contribution in [0.5, 0.6) is 5.75 Å². The quantitative estimate of drug-likeness (QED) is 0.123. The number of nitro groups is 1. The van der Waals surface area contributed by atoms with E-state index in [0.717, 1.165) is 16.2 Å². The van der Waals surface area contributed by atoms with Crippen molar-refractivity contribution >= 4 is 46.7 Å². The number of hydrogen-bond acceptors (Lipinski definition) is 8. The van der Waals surface area contributed by atoms with Crippen molar-refractivity contribution in [1.82, 2.24) is 0 Å². The van der Waals surface area contributed by atoms with Crippen LogP contribution >= 0.6 is 0 Å². The zero-order valence-electron chi connectivity index (χ0n) is 20.6. The van der Waals surface area contributed by atoms with Gasteiger partial charge in [-0.15, -0.1) is 0 Å². The minimum absolute atomic E-state index is 0.165. The second kappa shape index (κ2) is 9.02. The number of para-hydroxylation sites is 1. The number of rotatable bonds is 5. The van der Waals surface area contributed by atoms with Gasteiger partial charge in [0.05, 0.1) is 28.5 Å². The van der Waals surface area contributed by atoms with Gasteiger partial charge in [-0.25, -0.2) is 4.90 Å². The maximum atomic E-state index is 14.1. The molecule has 3 aliphatic heterocycles. The molecule has 4 atom stereocenters. The maximum absolute atomic E-state index is 14.1. The third-order valence-electron chi connectivity index (χ3n) is 7.40. The molecule has 0 unspecified atom stereocenters. The number of Topliss-reactive ketones (excluding diaryl/α,β-unsaturated/α-hetero) is 1. The molecule has 0 aliphatic carbocycles. The lowest BCUT2D eigenvalue weighted by molar-refractivity contribution is -0.384. The number of hydrogen-bond donors (Lipinski definition) is 0. The van der Waals surface area contributed by atoms with E-state index in [0.29, 0.717) is 5.56 Å². The molecule has 10 heteroatoms. The fourth-order valence-electron chi connectivity index (χ4n) is 5.82. The monoisotopic (exact) mass is 523 g/mol. The number of anilines is 2. The van der Waals surface area contributed by atoms with E-state index in [-0.39, 0.29) is 22.9 Å². The highest BCUT2D eigenvalue weighted by molar-refractivity contribution is 6.25. The summed E-state index contributed by atoms with van der Waals surface area (Å²) >= 11 is 0. The second-order valence-corrected chi connectivity index (χ2v) is 9.58. The number of amides is 2. The predicted octanol–water partition coefficient (Wildman–Crippen LogP) is 3.79. The topological polar surface area (TPSA) is 127 Å². The predicted molar refractivity (Wildman–Crippen MR) is 140 cm³/mol. The van der Waals surface area contributed by atoms with Crippen LogP contribution in [0.2, 0.25) is 0 Å². The lowest BCUT2D eigenvalue weighted by atomic mass is 9.86. The fourth-order valence-corrected chi connectivity index (χ4v) is 5.82. The average Bonchev–Trinajstić information content (AvgIpc) is 3.41. The van der Waals surface area contributed by atoms with Gasteiger partial charge in [0.15, 0.2) is 5.78 Å². The van der Waals surface area contributed by atoms with E-state index < -0.39 is 46.6 Å². The number of nitrogens with zero attached hydrogens (tertiary/aromatic N) is 3. The number of ether oxygens (including phenoxy) is 1. The van der Waals surface area contributed by atoms with Gasteiger partial charge in [0.1, 0.15) is 11.8 Å². The van der Waals surface area contributed by atoms with E-state index in [4.69, 9.17) is 4.74 Å². The van der Waals surface area contributed by atoms with E-state index in [1.165, 1.54) is 55.5 Å². The highest BCUT2D eigenvalue weighted by Gasteiger charge is 2.64. The number of carbonyl (C=O) groups excluding carboxylic acids is 4. The van der Waals surface area contributed by atoms with Gasteiger partial charge < -0.3 is 9.64 Å². The third-order valence-corrected chi connectivity index (χ3v) is 7.40. The Morgan fingerprint density at radius 3 is 2.23 bits per heavy atom. The summed E-state index contributed by atoms with van der Waals surface area (Å²) in [6.07, 6.45) is 3.74. The lowest BCUT2D eigenvalue weighted by Gasteiger charge is -2.36. The Kier molecular flexibility index (Phi) is 5.60. The van der Waals surface area contributed by atoms with Crippen LogP contribution in [-0.4, -0.2) is 40.6 Å². The molecule has 3 aromatic rings. The van der Waals surface area contributed by atoms with Gasteiger partial charge in [0.2, 0.25) is 11.8 Å². The molecule has 3 heterocycles. The van der Waals surface area contributed by atoms with Crippen molar-refractivity contribution in [1.29, 1.82) is 0 Å². The first kappa shape index (κ1) is 24.2. The number of fused-ring (bicyclic) bond motifs is 5. The zero-order chi connectivity index (χ0) is 27.4. The summed E-state index contributed by atoms with van der Waals surface area (Å²) in [5.41, 5.74) is 1.96. The summed E-state index contributed by atoms with van der Waals surface area (Å²) in [5.74, 6) is -3.36. The lowest BCUT2D eigenvalue weighted by Crippen LogP contribution is -2.48. The Hall–Kier alpha value is -5.12. The minimum atomic E-state index is -0.981. The van der Waals surface area contributed by atoms with Crippen LogP contribution in [0.4, 0.5) is 17.1 Å². The van der Waals surface area contributed by atoms with Crippen LogP contribution in [0.3, 0.4) is 0 Å². The molecule has 2 fully saturated rings. The van der Waals surface area contributed by atoms with Crippen molar-refractivity contribution < 1.29 is 28.8 Å². The highest BCUT2D eigenvalue weighted by Crippen LogP contribution is 2.49. The smallest absolute Gasteiger partial charge is 0.308 e. The molecular formula is C29H21N3O7.